The lowest BCUT2D eigenvalue weighted by Gasteiger charge is -2.08. The summed E-state index contributed by atoms with van der Waals surface area (Å²) >= 11 is 0. The van der Waals surface area contributed by atoms with Gasteiger partial charge in [-0.2, -0.15) is 0 Å². The molecule has 1 aromatic heterocycles. The van der Waals surface area contributed by atoms with Crippen molar-refractivity contribution >= 4 is 11.6 Å². The molecule has 1 heterocycles. The maximum atomic E-state index is 13.3. The van der Waals surface area contributed by atoms with E-state index in [-0.39, 0.29) is 18.3 Å². The van der Waals surface area contributed by atoms with Gasteiger partial charge in [0.25, 0.3) is 0 Å². The predicted molar refractivity (Wildman–Crippen MR) is 71.0 cm³/mol. The minimum absolute atomic E-state index is 0.0290. The van der Waals surface area contributed by atoms with Crippen LogP contribution in [-0.4, -0.2) is 17.4 Å². The van der Waals surface area contributed by atoms with E-state index in [0.717, 1.165) is 5.56 Å². The summed E-state index contributed by atoms with van der Waals surface area (Å²) in [5, 5.41) is 5.47. The third-order valence-electron chi connectivity index (χ3n) is 2.53. The molecule has 0 aliphatic rings. The van der Waals surface area contributed by atoms with Crippen LogP contribution in [0.15, 0.2) is 48.8 Å². The minimum atomic E-state index is -0.373. The number of nitrogens with one attached hydrogen (secondary N) is 2. The van der Waals surface area contributed by atoms with Crippen LogP contribution in [0, 0.1) is 5.82 Å². The molecule has 2 rings (SSSR count). The highest BCUT2D eigenvalue weighted by atomic mass is 19.1. The van der Waals surface area contributed by atoms with Crippen molar-refractivity contribution in [3.05, 3.63) is 60.2 Å². The summed E-state index contributed by atoms with van der Waals surface area (Å²) in [5.74, 6) is -0.574. The van der Waals surface area contributed by atoms with E-state index in [9.17, 15) is 9.18 Å². The number of pyridine rings is 1. The van der Waals surface area contributed by atoms with Crippen molar-refractivity contribution < 1.29 is 9.18 Å². The fraction of sp³-hybridized carbons (Fsp3) is 0.143. The van der Waals surface area contributed by atoms with Gasteiger partial charge in [0.15, 0.2) is 0 Å². The average Bonchev–Trinajstić information content (AvgIpc) is 2.45. The summed E-state index contributed by atoms with van der Waals surface area (Å²) in [6.07, 6.45) is 3.36. The van der Waals surface area contributed by atoms with Gasteiger partial charge in [0.05, 0.1) is 12.2 Å². The number of rotatable bonds is 5. The largest absolute Gasteiger partial charge is 0.374 e. The molecule has 0 unspecified atom stereocenters. The Balaban J connectivity index is 1.78. The quantitative estimate of drug-likeness (QED) is 0.863. The zero-order chi connectivity index (χ0) is 13.5. The molecule has 2 N–H and O–H groups in total. The monoisotopic (exact) mass is 259 g/mol. The second kappa shape index (κ2) is 6.49. The van der Waals surface area contributed by atoms with Crippen molar-refractivity contribution in [2.45, 2.75) is 6.54 Å². The van der Waals surface area contributed by atoms with Gasteiger partial charge in [-0.05, 0) is 23.8 Å². The van der Waals surface area contributed by atoms with Gasteiger partial charge in [-0.3, -0.25) is 9.78 Å². The number of aromatic nitrogens is 1. The van der Waals surface area contributed by atoms with Crippen molar-refractivity contribution in [3.63, 3.8) is 0 Å². The number of hydrogen-bond donors (Lipinski definition) is 2. The maximum Gasteiger partial charge on any atom is 0.239 e. The molecule has 98 valence electrons. The van der Waals surface area contributed by atoms with Crippen molar-refractivity contribution in [3.8, 4) is 0 Å². The Morgan fingerprint density at radius 2 is 2.05 bits per heavy atom. The Labute approximate surface area is 110 Å². The van der Waals surface area contributed by atoms with Crippen LogP contribution in [0.2, 0.25) is 0 Å². The Hall–Kier alpha value is -2.43. The van der Waals surface area contributed by atoms with E-state index >= 15 is 0 Å². The first-order valence-electron chi connectivity index (χ1n) is 5.90. The molecule has 0 radical (unpaired) electrons. The first-order chi connectivity index (χ1) is 9.25. The Bertz CT molecular complexity index is 545. The maximum absolute atomic E-state index is 13.3. The Kier molecular flexibility index (Phi) is 4.44. The molecular weight excluding hydrogens is 245 g/mol. The van der Waals surface area contributed by atoms with Crippen LogP contribution in [0.5, 0.6) is 0 Å². The van der Waals surface area contributed by atoms with Gasteiger partial charge in [-0.15, -0.1) is 0 Å². The van der Waals surface area contributed by atoms with Gasteiger partial charge in [-0.25, -0.2) is 4.39 Å². The number of hydrogen-bond acceptors (Lipinski definition) is 3. The van der Waals surface area contributed by atoms with Gasteiger partial charge < -0.3 is 10.6 Å². The van der Waals surface area contributed by atoms with Gasteiger partial charge >= 0.3 is 0 Å². The number of nitrogens with zero attached hydrogens (tertiary/aromatic N) is 1. The minimum Gasteiger partial charge on any atom is -0.374 e. The molecule has 1 aromatic carbocycles. The van der Waals surface area contributed by atoms with Crippen LogP contribution in [0.25, 0.3) is 0 Å². The molecule has 0 aliphatic heterocycles. The first-order valence-corrected chi connectivity index (χ1v) is 5.90. The molecule has 19 heavy (non-hydrogen) atoms. The molecule has 0 saturated heterocycles. The summed E-state index contributed by atoms with van der Waals surface area (Å²) in [7, 11) is 0. The smallest absolute Gasteiger partial charge is 0.239 e. The standard InChI is InChI=1S/C14H14FN3O/c15-12-5-1-2-6-13(12)17-10-14(19)18-9-11-4-3-7-16-8-11/h1-8,17H,9-10H2,(H,18,19). The van der Waals surface area contributed by atoms with Crippen molar-refractivity contribution in [2.24, 2.45) is 0 Å². The van der Waals surface area contributed by atoms with E-state index in [1.54, 1.807) is 36.7 Å². The lowest BCUT2D eigenvalue weighted by molar-refractivity contribution is -0.119. The molecule has 4 nitrogen and oxygen atoms in total. The van der Waals surface area contributed by atoms with E-state index in [1.165, 1.54) is 6.07 Å². The number of anilines is 1. The van der Waals surface area contributed by atoms with Gasteiger partial charge in [-0.1, -0.05) is 18.2 Å². The second-order valence-corrected chi connectivity index (χ2v) is 3.97. The molecule has 0 saturated carbocycles. The number of amides is 1. The zero-order valence-electron chi connectivity index (χ0n) is 10.3. The number of benzene rings is 1. The SMILES string of the molecule is O=C(CNc1ccccc1F)NCc1cccnc1. The van der Waals surface area contributed by atoms with E-state index in [1.807, 2.05) is 6.07 Å². The van der Waals surface area contributed by atoms with Crippen molar-refractivity contribution in [1.29, 1.82) is 0 Å². The van der Waals surface area contributed by atoms with Crippen LogP contribution >= 0.6 is 0 Å². The summed E-state index contributed by atoms with van der Waals surface area (Å²) < 4.78 is 13.3. The van der Waals surface area contributed by atoms with Crippen LogP contribution < -0.4 is 10.6 Å². The number of carbonyl (C=O) groups is 1. The molecule has 0 atom stereocenters. The highest BCUT2D eigenvalue weighted by Gasteiger charge is 2.04. The molecule has 0 bridgehead atoms. The van der Waals surface area contributed by atoms with Gasteiger partial charge in [0.2, 0.25) is 5.91 Å². The molecular formula is C14H14FN3O. The van der Waals surface area contributed by atoms with Crippen molar-refractivity contribution in [2.75, 3.05) is 11.9 Å². The third-order valence-corrected chi connectivity index (χ3v) is 2.53. The molecule has 0 aliphatic carbocycles. The van der Waals surface area contributed by atoms with Gasteiger partial charge in [0.1, 0.15) is 5.82 Å². The normalized spacial score (nSPS) is 9.95. The molecule has 0 spiro atoms. The molecule has 5 heteroatoms. The highest BCUT2D eigenvalue weighted by molar-refractivity contribution is 5.80. The second-order valence-electron chi connectivity index (χ2n) is 3.97. The molecule has 1 amide bonds. The van der Waals surface area contributed by atoms with Crippen molar-refractivity contribution in [1.82, 2.24) is 10.3 Å². The molecule has 0 fully saturated rings. The van der Waals surface area contributed by atoms with E-state index < -0.39 is 0 Å². The summed E-state index contributed by atoms with van der Waals surface area (Å²) in [6.45, 7) is 0.437. The summed E-state index contributed by atoms with van der Waals surface area (Å²) in [4.78, 5) is 15.5. The van der Waals surface area contributed by atoms with Gasteiger partial charge in [0, 0.05) is 18.9 Å². The van der Waals surface area contributed by atoms with E-state index in [2.05, 4.69) is 15.6 Å². The Morgan fingerprint density at radius 3 is 2.79 bits per heavy atom. The Morgan fingerprint density at radius 1 is 1.21 bits per heavy atom. The van der Waals surface area contributed by atoms with Crippen LogP contribution in [0.1, 0.15) is 5.56 Å². The van der Waals surface area contributed by atoms with Crippen LogP contribution in [0.3, 0.4) is 0 Å². The lowest BCUT2D eigenvalue weighted by atomic mass is 10.3. The third kappa shape index (κ3) is 4.06. The van der Waals surface area contributed by atoms with Crippen LogP contribution in [0.4, 0.5) is 10.1 Å². The summed E-state index contributed by atoms with van der Waals surface area (Å²) in [6, 6.07) is 9.91. The number of para-hydroxylation sites is 1. The fourth-order valence-corrected chi connectivity index (χ4v) is 1.55. The average molecular weight is 259 g/mol. The van der Waals surface area contributed by atoms with E-state index in [0.29, 0.717) is 12.2 Å². The zero-order valence-corrected chi connectivity index (χ0v) is 10.3. The topological polar surface area (TPSA) is 54.0 Å². The number of halogens is 1. The first kappa shape index (κ1) is 13.0. The highest BCUT2D eigenvalue weighted by Crippen LogP contribution is 2.11. The fourth-order valence-electron chi connectivity index (χ4n) is 1.55. The predicted octanol–water partition coefficient (Wildman–Crippen LogP) is 1.95. The van der Waals surface area contributed by atoms with Crippen LogP contribution in [-0.2, 0) is 11.3 Å². The van der Waals surface area contributed by atoms with E-state index in [4.69, 9.17) is 0 Å². The number of carbonyl (C=O) groups excluding carboxylic acids is 1. The molecule has 2 aromatic rings. The lowest BCUT2D eigenvalue weighted by Crippen LogP contribution is -2.29. The summed E-state index contributed by atoms with van der Waals surface area (Å²) in [5.41, 5.74) is 1.24.